The Morgan fingerprint density at radius 1 is 1.46 bits per heavy atom. The number of amides is 2. The topological polar surface area (TPSA) is 86.8 Å². The van der Waals surface area contributed by atoms with Crippen LogP contribution in [0.5, 0.6) is 0 Å². The van der Waals surface area contributed by atoms with Gasteiger partial charge in [-0.2, -0.15) is 5.10 Å². The highest BCUT2D eigenvalue weighted by atomic mass is 32.1. The van der Waals surface area contributed by atoms with Gasteiger partial charge in [-0.1, -0.05) is 32.1 Å². The summed E-state index contributed by atoms with van der Waals surface area (Å²) in [6, 6.07) is 1.95. The molecule has 0 saturated carbocycles. The monoisotopic (exact) mass is 348 g/mol. The van der Waals surface area contributed by atoms with E-state index >= 15 is 0 Å². The summed E-state index contributed by atoms with van der Waals surface area (Å²) in [6.45, 7) is 8.27. The van der Waals surface area contributed by atoms with E-state index in [4.69, 9.17) is 0 Å². The molecule has 0 aliphatic carbocycles. The Morgan fingerprint density at radius 3 is 2.96 bits per heavy atom. The van der Waals surface area contributed by atoms with Gasteiger partial charge in [0.15, 0.2) is 0 Å². The van der Waals surface area contributed by atoms with Crippen LogP contribution in [0.2, 0.25) is 0 Å². The van der Waals surface area contributed by atoms with E-state index in [1.54, 1.807) is 17.5 Å². The Bertz CT molecular complexity index is 675. The second-order valence-electron chi connectivity index (χ2n) is 7.21. The number of hydrogen-bond acceptors (Lipinski definition) is 5. The molecule has 7 nitrogen and oxygen atoms in total. The number of H-pyrrole nitrogens is 1. The van der Waals surface area contributed by atoms with Gasteiger partial charge < -0.3 is 10.2 Å². The summed E-state index contributed by atoms with van der Waals surface area (Å²) in [5.41, 5.74) is 1.09. The number of nitrogens with one attached hydrogen (secondary N) is 2. The molecular formula is C16H24N6OS. The third-order valence-electron chi connectivity index (χ3n) is 4.17. The lowest BCUT2D eigenvalue weighted by atomic mass is 9.95. The predicted octanol–water partition coefficient (Wildman–Crippen LogP) is 2.65. The van der Waals surface area contributed by atoms with E-state index < -0.39 is 0 Å². The Hall–Kier alpha value is -1.96. The normalized spacial score (nSPS) is 18.6. The standard InChI is InChI=1S/C16H24N6OS/c1-16(2,3)14-21-20-13(24-14)9-17-15(23)22-8-4-5-11(10-22)12-6-7-18-19-12/h6-7,11H,4-5,8-10H2,1-3H3,(H,17,23)(H,18,19)/t11-/m1/s1. The molecule has 130 valence electrons. The summed E-state index contributed by atoms with van der Waals surface area (Å²) in [7, 11) is 0. The number of urea groups is 1. The Kier molecular flexibility index (Phi) is 4.84. The zero-order valence-electron chi connectivity index (χ0n) is 14.4. The van der Waals surface area contributed by atoms with Crippen molar-refractivity contribution in [3.05, 3.63) is 28.0 Å². The van der Waals surface area contributed by atoms with Crippen molar-refractivity contribution >= 4 is 17.4 Å². The minimum Gasteiger partial charge on any atom is -0.331 e. The molecule has 1 aliphatic heterocycles. The summed E-state index contributed by atoms with van der Waals surface area (Å²) < 4.78 is 0. The van der Waals surface area contributed by atoms with Crippen LogP contribution in [0.1, 0.15) is 55.2 Å². The van der Waals surface area contributed by atoms with Crippen molar-refractivity contribution in [2.45, 2.75) is 51.5 Å². The van der Waals surface area contributed by atoms with Crippen LogP contribution in [0.3, 0.4) is 0 Å². The van der Waals surface area contributed by atoms with Crippen molar-refractivity contribution in [3.8, 4) is 0 Å². The van der Waals surface area contributed by atoms with Crippen LogP contribution in [0.4, 0.5) is 4.79 Å². The molecule has 3 rings (SSSR count). The number of piperidine rings is 1. The van der Waals surface area contributed by atoms with Gasteiger partial charge in [0.25, 0.3) is 0 Å². The van der Waals surface area contributed by atoms with Crippen LogP contribution < -0.4 is 5.32 Å². The summed E-state index contributed by atoms with van der Waals surface area (Å²) in [5.74, 6) is 0.334. The highest BCUT2D eigenvalue weighted by Gasteiger charge is 2.26. The zero-order valence-corrected chi connectivity index (χ0v) is 15.2. The Morgan fingerprint density at radius 2 is 2.29 bits per heavy atom. The smallest absolute Gasteiger partial charge is 0.317 e. The molecule has 24 heavy (non-hydrogen) atoms. The summed E-state index contributed by atoms with van der Waals surface area (Å²) in [4.78, 5) is 14.3. The van der Waals surface area contributed by atoms with Crippen molar-refractivity contribution in [2.24, 2.45) is 0 Å². The molecule has 2 aromatic heterocycles. The van der Waals surface area contributed by atoms with E-state index in [-0.39, 0.29) is 11.4 Å². The Balaban J connectivity index is 1.54. The van der Waals surface area contributed by atoms with E-state index in [9.17, 15) is 4.79 Å². The van der Waals surface area contributed by atoms with E-state index in [0.717, 1.165) is 41.6 Å². The largest absolute Gasteiger partial charge is 0.331 e. The lowest BCUT2D eigenvalue weighted by Gasteiger charge is -2.32. The van der Waals surface area contributed by atoms with Crippen LogP contribution in [0.25, 0.3) is 0 Å². The van der Waals surface area contributed by atoms with Crippen molar-refractivity contribution in [1.82, 2.24) is 30.6 Å². The van der Waals surface area contributed by atoms with E-state index in [0.29, 0.717) is 12.5 Å². The molecule has 2 N–H and O–H groups in total. The zero-order chi connectivity index (χ0) is 17.2. The van der Waals surface area contributed by atoms with E-state index in [1.807, 2.05) is 11.0 Å². The molecule has 0 radical (unpaired) electrons. The number of aromatic nitrogens is 4. The first-order valence-electron chi connectivity index (χ1n) is 8.28. The molecule has 2 aromatic rings. The SMILES string of the molecule is CC(C)(C)c1nnc(CNC(=O)N2CCC[C@@H](c3ccn[nH]3)C2)s1. The quantitative estimate of drug-likeness (QED) is 0.893. The van der Waals surface area contributed by atoms with Gasteiger partial charge in [-0.15, -0.1) is 10.2 Å². The lowest BCUT2D eigenvalue weighted by molar-refractivity contribution is 0.178. The molecule has 1 aliphatic rings. The number of carbonyl (C=O) groups excluding carboxylic acids is 1. The second kappa shape index (κ2) is 6.88. The molecular weight excluding hydrogens is 324 g/mol. The first kappa shape index (κ1) is 16.9. The van der Waals surface area contributed by atoms with Crippen LogP contribution in [-0.4, -0.2) is 44.4 Å². The highest BCUT2D eigenvalue weighted by molar-refractivity contribution is 7.11. The third-order valence-corrected chi connectivity index (χ3v) is 5.52. The summed E-state index contributed by atoms with van der Waals surface area (Å²) in [5, 5.41) is 20.2. The maximum atomic E-state index is 12.4. The van der Waals surface area contributed by atoms with Crippen molar-refractivity contribution in [3.63, 3.8) is 0 Å². The Labute approximate surface area is 145 Å². The fourth-order valence-corrected chi connectivity index (χ4v) is 3.64. The van der Waals surface area contributed by atoms with Crippen LogP contribution >= 0.6 is 11.3 Å². The first-order chi connectivity index (χ1) is 11.4. The molecule has 2 amide bonds. The number of hydrogen-bond donors (Lipinski definition) is 2. The number of nitrogens with zero attached hydrogens (tertiary/aromatic N) is 4. The fourth-order valence-electron chi connectivity index (χ4n) is 2.80. The molecule has 3 heterocycles. The summed E-state index contributed by atoms with van der Waals surface area (Å²) in [6.07, 6.45) is 3.85. The van der Waals surface area contributed by atoms with Crippen molar-refractivity contribution < 1.29 is 4.79 Å². The second-order valence-corrected chi connectivity index (χ2v) is 8.27. The fraction of sp³-hybridized carbons (Fsp3) is 0.625. The minimum absolute atomic E-state index is 0.00983. The van der Waals surface area contributed by atoms with Crippen molar-refractivity contribution in [1.29, 1.82) is 0 Å². The average molecular weight is 348 g/mol. The van der Waals surface area contributed by atoms with Gasteiger partial charge in [0, 0.05) is 36.3 Å². The van der Waals surface area contributed by atoms with Gasteiger partial charge in [-0.25, -0.2) is 4.79 Å². The molecule has 1 atom stereocenters. The average Bonchev–Trinajstić information content (AvgIpc) is 3.23. The van der Waals surface area contributed by atoms with Gasteiger partial charge in [0.05, 0.1) is 6.54 Å². The van der Waals surface area contributed by atoms with Crippen molar-refractivity contribution in [2.75, 3.05) is 13.1 Å². The molecule has 0 bridgehead atoms. The number of carbonyl (C=O) groups is 1. The van der Waals surface area contributed by atoms with Crippen LogP contribution in [0.15, 0.2) is 12.3 Å². The first-order valence-corrected chi connectivity index (χ1v) is 9.10. The van der Waals surface area contributed by atoms with Crippen LogP contribution in [0, 0.1) is 0 Å². The molecule has 0 spiro atoms. The van der Waals surface area contributed by atoms with Gasteiger partial charge in [-0.05, 0) is 18.9 Å². The highest BCUT2D eigenvalue weighted by Crippen LogP contribution is 2.26. The molecule has 0 aromatic carbocycles. The molecule has 8 heteroatoms. The number of likely N-dealkylation sites (tertiary alicyclic amines) is 1. The maximum absolute atomic E-state index is 12.4. The number of rotatable bonds is 3. The lowest BCUT2D eigenvalue weighted by Crippen LogP contribution is -2.44. The molecule has 1 fully saturated rings. The van der Waals surface area contributed by atoms with E-state index in [2.05, 4.69) is 46.5 Å². The van der Waals surface area contributed by atoms with Gasteiger partial charge >= 0.3 is 6.03 Å². The summed E-state index contributed by atoms with van der Waals surface area (Å²) >= 11 is 1.56. The van der Waals surface area contributed by atoms with Crippen LogP contribution in [-0.2, 0) is 12.0 Å². The van der Waals surface area contributed by atoms with E-state index in [1.165, 1.54) is 0 Å². The van der Waals surface area contributed by atoms with Gasteiger partial charge in [0.2, 0.25) is 0 Å². The number of aromatic amines is 1. The predicted molar refractivity (Wildman–Crippen MR) is 93.0 cm³/mol. The third kappa shape index (κ3) is 3.92. The van der Waals surface area contributed by atoms with Gasteiger partial charge in [0.1, 0.15) is 10.0 Å². The molecule has 0 unspecified atom stereocenters. The van der Waals surface area contributed by atoms with Gasteiger partial charge in [-0.3, -0.25) is 5.10 Å². The maximum Gasteiger partial charge on any atom is 0.317 e. The molecule has 1 saturated heterocycles. The minimum atomic E-state index is -0.0354.